The van der Waals surface area contributed by atoms with Crippen molar-refractivity contribution in [2.24, 2.45) is 0 Å². The first-order chi connectivity index (χ1) is 7.49. The Labute approximate surface area is 101 Å². The molecule has 0 bridgehead atoms. The number of carboxylic acid groups (broad SMARTS) is 1. The van der Waals surface area contributed by atoms with Gasteiger partial charge >= 0.3 is 5.97 Å². The molecule has 5 heteroatoms. The maximum absolute atomic E-state index is 11.0. The van der Waals surface area contributed by atoms with Crippen molar-refractivity contribution in [3.05, 3.63) is 0 Å². The second kappa shape index (κ2) is 5.89. The van der Waals surface area contributed by atoms with Crippen LogP contribution in [0.2, 0.25) is 0 Å². The normalized spacial score (nSPS) is 28.9. The van der Waals surface area contributed by atoms with Gasteiger partial charge in [-0.1, -0.05) is 0 Å². The Morgan fingerprint density at radius 1 is 1.69 bits per heavy atom. The van der Waals surface area contributed by atoms with Crippen LogP contribution in [-0.4, -0.2) is 47.4 Å². The van der Waals surface area contributed by atoms with Crippen LogP contribution >= 0.6 is 11.8 Å². The molecule has 1 aliphatic heterocycles. The fourth-order valence-electron chi connectivity index (χ4n) is 1.68. The van der Waals surface area contributed by atoms with Crippen molar-refractivity contribution < 1.29 is 14.6 Å². The molecule has 0 aromatic rings. The van der Waals surface area contributed by atoms with Crippen molar-refractivity contribution in [2.75, 3.05) is 19.4 Å². The third kappa shape index (κ3) is 3.37. The summed E-state index contributed by atoms with van der Waals surface area (Å²) in [6.07, 6.45) is 2.01. The van der Waals surface area contributed by atoms with Gasteiger partial charge in [0.1, 0.15) is 5.54 Å². The molecule has 2 N–H and O–H groups in total. The second-order valence-electron chi connectivity index (χ2n) is 4.41. The number of carboxylic acids is 1. The zero-order chi connectivity index (χ0) is 12.2. The Morgan fingerprint density at radius 2 is 2.38 bits per heavy atom. The molecular formula is C11H21NO3S. The highest BCUT2D eigenvalue weighted by Crippen LogP contribution is 2.28. The molecule has 0 amide bonds. The van der Waals surface area contributed by atoms with E-state index >= 15 is 0 Å². The van der Waals surface area contributed by atoms with Gasteiger partial charge in [-0.2, -0.15) is 11.8 Å². The smallest absolute Gasteiger partial charge is 0.323 e. The van der Waals surface area contributed by atoms with E-state index in [1.807, 2.05) is 11.8 Å². The van der Waals surface area contributed by atoms with Gasteiger partial charge in [-0.3, -0.25) is 4.79 Å². The number of hydrogen-bond acceptors (Lipinski definition) is 4. The summed E-state index contributed by atoms with van der Waals surface area (Å²) in [4.78, 5) is 11.0. The van der Waals surface area contributed by atoms with Crippen LogP contribution in [0, 0.1) is 0 Å². The zero-order valence-electron chi connectivity index (χ0n) is 10.2. The second-order valence-corrected chi connectivity index (χ2v) is 5.76. The van der Waals surface area contributed by atoms with Crippen molar-refractivity contribution in [1.29, 1.82) is 0 Å². The summed E-state index contributed by atoms with van der Waals surface area (Å²) in [7, 11) is 1.69. The predicted molar refractivity (Wildman–Crippen MR) is 66.0 cm³/mol. The molecule has 16 heavy (non-hydrogen) atoms. The highest BCUT2D eigenvalue weighted by atomic mass is 32.2. The number of thioether (sulfide) groups is 1. The van der Waals surface area contributed by atoms with Gasteiger partial charge in [-0.25, -0.2) is 0 Å². The Morgan fingerprint density at radius 3 is 2.81 bits per heavy atom. The van der Waals surface area contributed by atoms with E-state index in [0.717, 1.165) is 18.8 Å². The van der Waals surface area contributed by atoms with E-state index in [-0.39, 0.29) is 0 Å². The summed E-state index contributed by atoms with van der Waals surface area (Å²) < 4.78 is 5.47. The van der Waals surface area contributed by atoms with E-state index in [4.69, 9.17) is 9.84 Å². The van der Waals surface area contributed by atoms with E-state index in [1.165, 1.54) is 0 Å². The van der Waals surface area contributed by atoms with E-state index in [9.17, 15) is 4.79 Å². The summed E-state index contributed by atoms with van der Waals surface area (Å²) in [6, 6.07) is 0. The van der Waals surface area contributed by atoms with Gasteiger partial charge in [0, 0.05) is 11.9 Å². The maximum Gasteiger partial charge on any atom is 0.323 e. The molecule has 0 aliphatic carbocycles. The largest absolute Gasteiger partial charge is 0.480 e. The number of aliphatic carboxylic acids is 1. The Balaban J connectivity index is 2.31. The van der Waals surface area contributed by atoms with Crippen molar-refractivity contribution in [3.63, 3.8) is 0 Å². The van der Waals surface area contributed by atoms with Crippen molar-refractivity contribution in [1.82, 2.24) is 5.32 Å². The van der Waals surface area contributed by atoms with Crippen LogP contribution in [0.3, 0.4) is 0 Å². The lowest BCUT2D eigenvalue weighted by Gasteiger charge is -2.24. The van der Waals surface area contributed by atoms with Crippen molar-refractivity contribution in [2.45, 2.75) is 43.6 Å². The van der Waals surface area contributed by atoms with Crippen LogP contribution in [0.15, 0.2) is 0 Å². The van der Waals surface area contributed by atoms with E-state index in [2.05, 4.69) is 12.2 Å². The number of carbonyl (C=O) groups is 1. The molecule has 1 saturated heterocycles. The van der Waals surface area contributed by atoms with Gasteiger partial charge in [-0.05, 0) is 39.5 Å². The minimum atomic E-state index is -0.810. The third-order valence-electron chi connectivity index (χ3n) is 3.26. The SMILES string of the molecule is CNC(C)(CCSC1CCOC1C)C(=O)O. The molecule has 0 saturated carbocycles. The quantitative estimate of drug-likeness (QED) is 0.742. The number of ether oxygens (including phenoxy) is 1. The maximum atomic E-state index is 11.0. The van der Waals surface area contributed by atoms with Crippen LogP contribution in [0.1, 0.15) is 26.7 Å². The van der Waals surface area contributed by atoms with Crippen molar-refractivity contribution >= 4 is 17.7 Å². The molecule has 0 aromatic carbocycles. The molecule has 0 aromatic heterocycles. The fourth-order valence-corrected chi connectivity index (χ4v) is 3.13. The van der Waals surface area contributed by atoms with E-state index in [1.54, 1.807) is 14.0 Å². The molecule has 4 nitrogen and oxygen atoms in total. The van der Waals surface area contributed by atoms with E-state index < -0.39 is 11.5 Å². The molecular weight excluding hydrogens is 226 g/mol. The average Bonchev–Trinajstić information content (AvgIpc) is 2.64. The summed E-state index contributed by atoms with van der Waals surface area (Å²) in [5.74, 6) is 0.0634. The molecule has 0 radical (unpaired) electrons. The third-order valence-corrected chi connectivity index (χ3v) is 4.75. The monoisotopic (exact) mass is 247 g/mol. The summed E-state index contributed by atoms with van der Waals surface area (Å²) in [5.41, 5.74) is -0.810. The molecule has 1 heterocycles. The van der Waals surface area contributed by atoms with Gasteiger partial charge in [-0.15, -0.1) is 0 Å². The van der Waals surface area contributed by atoms with Crippen LogP contribution in [0.4, 0.5) is 0 Å². The van der Waals surface area contributed by atoms with Gasteiger partial charge < -0.3 is 15.2 Å². The first-order valence-electron chi connectivity index (χ1n) is 5.65. The Hall–Kier alpha value is -0.260. The Kier molecular flexibility index (Phi) is 5.08. The number of nitrogens with one attached hydrogen (secondary N) is 1. The molecule has 3 atom stereocenters. The lowest BCUT2D eigenvalue weighted by molar-refractivity contribution is -0.144. The lowest BCUT2D eigenvalue weighted by atomic mass is 10.00. The minimum Gasteiger partial charge on any atom is -0.480 e. The topological polar surface area (TPSA) is 58.6 Å². The zero-order valence-corrected chi connectivity index (χ0v) is 11.0. The molecule has 3 unspecified atom stereocenters. The van der Waals surface area contributed by atoms with Gasteiger partial charge in [0.2, 0.25) is 0 Å². The highest BCUT2D eigenvalue weighted by molar-refractivity contribution is 7.99. The van der Waals surface area contributed by atoms with Crippen LogP contribution in [0.5, 0.6) is 0 Å². The molecule has 1 aliphatic rings. The van der Waals surface area contributed by atoms with Gasteiger partial charge in [0.15, 0.2) is 0 Å². The van der Waals surface area contributed by atoms with Gasteiger partial charge in [0.25, 0.3) is 0 Å². The van der Waals surface area contributed by atoms with Crippen molar-refractivity contribution in [3.8, 4) is 0 Å². The summed E-state index contributed by atoms with van der Waals surface area (Å²) >= 11 is 1.82. The molecule has 1 rings (SSSR count). The highest BCUT2D eigenvalue weighted by Gasteiger charge is 2.32. The number of likely N-dealkylation sites (N-methyl/N-ethyl adjacent to an activating group) is 1. The van der Waals surface area contributed by atoms with Crippen LogP contribution in [-0.2, 0) is 9.53 Å². The lowest BCUT2D eigenvalue weighted by Crippen LogP contribution is -2.48. The average molecular weight is 247 g/mol. The summed E-state index contributed by atoms with van der Waals surface area (Å²) in [5, 5.41) is 12.5. The molecule has 1 fully saturated rings. The molecule has 0 spiro atoms. The standard InChI is InChI=1S/C11H21NO3S/c1-8-9(4-6-15-8)16-7-5-11(2,12-3)10(13)14/h8-9,12H,4-7H2,1-3H3,(H,13,14). The molecule has 94 valence electrons. The first kappa shape index (κ1) is 13.8. The predicted octanol–water partition coefficient (Wildman–Crippen LogP) is 1.35. The van der Waals surface area contributed by atoms with Crippen LogP contribution in [0.25, 0.3) is 0 Å². The summed E-state index contributed by atoms with van der Waals surface area (Å²) in [6.45, 7) is 4.64. The number of rotatable bonds is 6. The Bertz CT molecular complexity index is 249. The van der Waals surface area contributed by atoms with E-state index in [0.29, 0.717) is 17.8 Å². The first-order valence-corrected chi connectivity index (χ1v) is 6.70. The number of hydrogen-bond donors (Lipinski definition) is 2. The fraction of sp³-hybridized carbons (Fsp3) is 0.909. The van der Waals surface area contributed by atoms with Crippen LogP contribution < -0.4 is 5.32 Å². The van der Waals surface area contributed by atoms with Gasteiger partial charge in [0.05, 0.1) is 6.10 Å². The minimum absolute atomic E-state index is 0.302.